The fraction of sp³-hybridized carbons (Fsp3) is 0.652. The number of rotatable bonds is 12. The van der Waals surface area contributed by atoms with Crippen molar-refractivity contribution >= 4 is 23.7 Å². The normalized spacial score (nSPS) is 11.6. The van der Waals surface area contributed by atoms with Crippen LogP contribution in [0.3, 0.4) is 0 Å². The summed E-state index contributed by atoms with van der Waals surface area (Å²) in [5.41, 5.74) is -0.0222. The summed E-state index contributed by atoms with van der Waals surface area (Å²) in [6.45, 7) is 11.1. The van der Waals surface area contributed by atoms with Gasteiger partial charge in [0.15, 0.2) is 0 Å². The number of unbranched alkanes of at least 4 members (excludes halogenated alkanes) is 1. The highest BCUT2D eigenvalue weighted by Gasteiger charge is 2.36. The lowest BCUT2D eigenvalue weighted by Gasteiger charge is -2.35. The fourth-order valence-electron chi connectivity index (χ4n) is 3.53. The van der Waals surface area contributed by atoms with Crippen LogP contribution in [0.5, 0.6) is 0 Å². The van der Waals surface area contributed by atoms with Gasteiger partial charge in [0.05, 0.1) is 12.2 Å². The summed E-state index contributed by atoms with van der Waals surface area (Å²) in [6.07, 6.45) is 2.61. The predicted octanol–water partition coefficient (Wildman–Crippen LogP) is 6.53. The molecular weight excluding hydrogens is 392 g/mol. The van der Waals surface area contributed by atoms with E-state index < -0.39 is 17.5 Å². The number of hydrogen-bond acceptors (Lipinski definition) is 5. The van der Waals surface area contributed by atoms with E-state index in [1.807, 2.05) is 6.92 Å². The molecule has 0 fully saturated rings. The summed E-state index contributed by atoms with van der Waals surface area (Å²) in [6, 6.07) is 6.59. The molecular formula is C23H35ClO5. The summed E-state index contributed by atoms with van der Waals surface area (Å²) in [5.74, 6) is 0.287. The molecule has 0 bridgehead atoms. The number of halogens is 1. The maximum atomic E-state index is 12.5. The molecule has 1 aromatic rings. The van der Waals surface area contributed by atoms with Gasteiger partial charge in [0.25, 0.3) is 0 Å². The zero-order valence-corrected chi connectivity index (χ0v) is 19.1. The molecule has 5 nitrogen and oxygen atoms in total. The van der Waals surface area contributed by atoms with Gasteiger partial charge < -0.3 is 14.2 Å². The van der Waals surface area contributed by atoms with E-state index in [-0.39, 0.29) is 13.2 Å². The quantitative estimate of drug-likeness (QED) is 0.281. The minimum atomic E-state index is -0.667. The lowest BCUT2D eigenvalue weighted by Crippen LogP contribution is -2.37. The highest BCUT2D eigenvalue weighted by atomic mass is 35.5. The molecule has 0 aliphatic rings. The molecule has 0 radical (unpaired) electrons. The minimum Gasteiger partial charge on any atom is -0.461 e. The van der Waals surface area contributed by atoms with Crippen molar-refractivity contribution in [2.75, 3.05) is 19.8 Å². The second-order valence-electron chi connectivity index (χ2n) is 8.52. The second-order valence-corrected chi connectivity index (χ2v) is 8.96. The third kappa shape index (κ3) is 10.0. The number of esters is 1. The van der Waals surface area contributed by atoms with Gasteiger partial charge in [-0.3, -0.25) is 0 Å². The van der Waals surface area contributed by atoms with Crippen molar-refractivity contribution in [3.63, 3.8) is 0 Å². The number of ether oxygens (including phenoxy) is 3. The first kappa shape index (κ1) is 25.3. The molecule has 0 amide bonds. The molecule has 0 spiro atoms. The van der Waals surface area contributed by atoms with Gasteiger partial charge >= 0.3 is 12.1 Å². The maximum absolute atomic E-state index is 12.5. The first-order chi connectivity index (χ1) is 13.7. The van der Waals surface area contributed by atoms with Gasteiger partial charge in [0, 0.05) is 10.4 Å². The Morgan fingerprint density at radius 2 is 1.48 bits per heavy atom. The van der Waals surface area contributed by atoms with Crippen LogP contribution in [0.25, 0.3) is 0 Å². The summed E-state index contributed by atoms with van der Waals surface area (Å²) < 4.78 is 16.2. The molecule has 1 rings (SSSR count). The van der Waals surface area contributed by atoms with E-state index in [2.05, 4.69) is 27.7 Å². The maximum Gasteiger partial charge on any atom is 0.508 e. The summed E-state index contributed by atoms with van der Waals surface area (Å²) in [5, 5.41) is 0.561. The number of carbonyl (C=O) groups is 2. The van der Waals surface area contributed by atoms with Crippen LogP contribution in [0.15, 0.2) is 24.3 Å². The minimum absolute atomic E-state index is 0.155. The van der Waals surface area contributed by atoms with E-state index in [0.29, 0.717) is 29.0 Å². The zero-order chi connectivity index (χ0) is 21.9. The van der Waals surface area contributed by atoms with E-state index >= 15 is 0 Å². The Kier molecular flexibility index (Phi) is 11.1. The van der Waals surface area contributed by atoms with Crippen LogP contribution in [0, 0.1) is 17.3 Å². The Labute approximate surface area is 180 Å². The molecule has 0 aromatic heterocycles. The van der Waals surface area contributed by atoms with E-state index in [1.165, 1.54) is 0 Å². The van der Waals surface area contributed by atoms with Crippen LogP contribution in [-0.2, 0) is 14.2 Å². The molecule has 0 atom stereocenters. The second kappa shape index (κ2) is 12.7. The van der Waals surface area contributed by atoms with Crippen LogP contribution < -0.4 is 0 Å². The van der Waals surface area contributed by atoms with Crippen molar-refractivity contribution in [2.24, 2.45) is 17.3 Å². The average molecular weight is 427 g/mol. The topological polar surface area (TPSA) is 61.8 Å². The lowest BCUT2D eigenvalue weighted by molar-refractivity contribution is -0.0296. The van der Waals surface area contributed by atoms with E-state index in [0.717, 1.165) is 25.7 Å². The summed E-state index contributed by atoms with van der Waals surface area (Å²) in [7, 11) is 0. The third-order valence-electron chi connectivity index (χ3n) is 4.49. The number of benzene rings is 1. The molecule has 6 heteroatoms. The van der Waals surface area contributed by atoms with Crippen molar-refractivity contribution in [2.45, 2.75) is 60.3 Å². The molecule has 0 unspecified atom stereocenters. The van der Waals surface area contributed by atoms with Crippen molar-refractivity contribution < 1.29 is 23.8 Å². The highest BCUT2D eigenvalue weighted by Crippen LogP contribution is 2.35. The summed E-state index contributed by atoms with van der Waals surface area (Å²) >= 11 is 5.88. The lowest BCUT2D eigenvalue weighted by atomic mass is 9.75. The molecule has 0 saturated heterocycles. The van der Waals surface area contributed by atoms with Gasteiger partial charge in [-0.1, -0.05) is 52.6 Å². The fourth-order valence-corrected chi connectivity index (χ4v) is 3.66. The predicted molar refractivity (Wildman–Crippen MR) is 115 cm³/mol. The number of hydrogen-bond donors (Lipinski definition) is 0. The standard InChI is InChI=1S/C23H35ClO5/c1-6-7-12-27-22(26)29-16-23(13-17(2)3,14-18(4)5)15-28-21(25)19-8-10-20(24)11-9-19/h8-11,17-18H,6-7,12-16H2,1-5H3. The smallest absolute Gasteiger partial charge is 0.461 e. The molecule has 1 aromatic carbocycles. The van der Waals surface area contributed by atoms with Crippen LogP contribution in [0.4, 0.5) is 4.79 Å². The average Bonchev–Trinajstić information content (AvgIpc) is 2.64. The van der Waals surface area contributed by atoms with Crippen LogP contribution >= 0.6 is 11.6 Å². The third-order valence-corrected chi connectivity index (χ3v) is 4.74. The molecule has 164 valence electrons. The molecule has 0 N–H and O–H groups in total. The van der Waals surface area contributed by atoms with E-state index in [4.69, 9.17) is 25.8 Å². The van der Waals surface area contributed by atoms with Crippen molar-refractivity contribution in [1.29, 1.82) is 0 Å². The number of carbonyl (C=O) groups excluding carboxylic acids is 2. The molecule has 0 heterocycles. The van der Waals surface area contributed by atoms with E-state index in [1.54, 1.807) is 24.3 Å². The van der Waals surface area contributed by atoms with Gasteiger partial charge in [0.1, 0.15) is 13.2 Å². The Balaban J connectivity index is 2.85. The summed E-state index contributed by atoms with van der Waals surface area (Å²) in [4.78, 5) is 24.5. The van der Waals surface area contributed by atoms with Crippen molar-refractivity contribution in [3.8, 4) is 0 Å². The molecule has 29 heavy (non-hydrogen) atoms. The van der Waals surface area contributed by atoms with Crippen molar-refractivity contribution in [3.05, 3.63) is 34.9 Å². The highest BCUT2D eigenvalue weighted by molar-refractivity contribution is 6.30. The SMILES string of the molecule is CCCCOC(=O)OCC(COC(=O)c1ccc(Cl)cc1)(CC(C)C)CC(C)C. The Bertz CT molecular complexity index is 615. The Morgan fingerprint density at radius 3 is 2.00 bits per heavy atom. The van der Waals surface area contributed by atoms with Gasteiger partial charge in [-0.2, -0.15) is 0 Å². The molecule has 0 aliphatic heterocycles. The van der Waals surface area contributed by atoms with Crippen LogP contribution in [0.2, 0.25) is 5.02 Å². The Morgan fingerprint density at radius 1 is 0.931 bits per heavy atom. The zero-order valence-electron chi connectivity index (χ0n) is 18.3. The Hall–Kier alpha value is -1.75. The molecule has 0 aliphatic carbocycles. The molecule has 0 saturated carbocycles. The van der Waals surface area contributed by atoms with E-state index in [9.17, 15) is 9.59 Å². The first-order valence-electron chi connectivity index (χ1n) is 10.4. The van der Waals surface area contributed by atoms with Gasteiger partial charge in [-0.15, -0.1) is 0 Å². The monoisotopic (exact) mass is 426 g/mol. The van der Waals surface area contributed by atoms with Crippen LogP contribution in [-0.4, -0.2) is 31.9 Å². The van der Waals surface area contributed by atoms with Gasteiger partial charge in [-0.25, -0.2) is 9.59 Å². The first-order valence-corrected chi connectivity index (χ1v) is 10.8. The van der Waals surface area contributed by atoms with Crippen molar-refractivity contribution in [1.82, 2.24) is 0 Å². The largest absolute Gasteiger partial charge is 0.508 e. The van der Waals surface area contributed by atoms with Gasteiger partial charge in [0.2, 0.25) is 0 Å². The van der Waals surface area contributed by atoms with Crippen LogP contribution in [0.1, 0.15) is 70.7 Å². The van der Waals surface area contributed by atoms with Gasteiger partial charge in [-0.05, 0) is 55.4 Å².